The summed E-state index contributed by atoms with van der Waals surface area (Å²) in [4.78, 5) is 48.5. The molecule has 3 aromatic rings. The number of aryl methyl sites for hydroxylation is 1. The Morgan fingerprint density at radius 2 is 1.79 bits per heavy atom. The first-order chi connectivity index (χ1) is 25.0. The minimum atomic E-state index is -3.90. The van der Waals surface area contributed by atoms with Crippen molar-refractivity contribution in [2.45, 2.75) is 115 Å². The molecule has 14 heteroatoms. The van der Waals surface area contributed by atoms with Crippen LogP contribution in [0.15, 0.2) is 30.5 Å². The number of methoxy groups -OCH3 is 1. The molecule has 53 heavy (non-hydrogen) atoms. The largest absolute Gasteiger partial charge is 0.496 e. The molecule has 3 aliphatic rings. The number of hydrogen-bond acceptors (Lipinski definition) is 9. The predicted octanol–water partition coefficient (Wildman–Crippen LogP) is 5.18. The summed E-state index contributed by atoms with van der Waals surface area (Å²) in [6.07, 6.45) is 5.94. The minimum absolute atomic E-state index is 0.155. The fourth-order valence-electron chi connectivity index (χ4n) is 7.46. The van der Waals surface area contributed by atoms with Crippen LogP contribution in [0.5, 0.6) is 11.5 Å². The number of sulfonamides is 1. The molecule has 0 unspecified atom stereocenters. The molecule has 1 aromatic carbocycles. The minimum Gasteiger partial charge on any atom is -0.496 e. The Balaban J connectivity index is 1.30. The third-order valence-electron chi connectivity index (χ3n) is 11.6. The lowest BCUT2D eigenvalue weighted by Crippen LogP contribution is -2.55. The highest BCUT2D eigenvalue weighted by molar-refractivity contribution is 7.91. The van der Waals surface area contributed by atoms with E-state index in [9.17, 15) is 22.8 Å². The van der Waals surface area contributed by atoms with Gasteiger partial charge in [0.1, 0.15) is 23.1 Å². The number of pyridine rings is 1. The molecular weight excluding hydrogens is 697 g/mol. The molecule has 3 saturated carbocycles. The van der Waals surface area contributed by atoms with Gasteiger partial charge in [-0.25, -0.2) is 18.1 Å². The standard InChI is InChI=1S/C39H54N6O7S/c1-9-10-11-17-44(7)36(47)29-20-26(19-28(29)35(46)41-39(22-24(39)4)37(48)43-53(49,50)38(6)15-16-38)52-32-21-33(45-18-14-30(42-45)23(2)3)40-34-25(5)31(51-8)13-12-27(32)34/h12-14,18,21,23-24,26,28-29H,9-11,15-17,19-20,22H2,1-8H3,(H,41,46)(H,43,48)/t24-,26-,28-,29-,39-/m1/s1. The van der Waals surface area contributed by atoms with E-state index in [-0.39, 0.29) is 30.6 Å². The third-order valence-corrected chi connectivity index (χ3v) is 13.8. The molecular formula is C39H54N6O7S. The summed E-state index contributed by atoms with van der Waals surface area (Å²) in [5.41, 5.74) is 1.07. The Labute approximate surface area is 312 Å². The zero-order valence-corrected chi connectivity index (χ0v) is 33.0. The van der Waals surface area contributed by atoms with Gasteiger partial charge in [0.2, 0.25) is 21.8 Å². The van der Waals surface area contributed by atoms with E-state index in [0.29, 0.717) is 48.6 Å². The number of nitrogens with zero attached hydrogens (tertiary/aromatic N) is 4. The zero-order chi connectivity index (χ0) is 38.5. The highest BCUT2D eigenvalue weighted by atomic mass is 32.2. The summed E-state index contributed by atoms with van der Waals surface area (Å²) in [6.45, 7) is 12.2. The monoisotopic (exact) mass is 750 g/mol. The van der Waals surface area contributed by atoms with Crippen molar-refractivity contribution in [1.82, 2.24) is 29.7 Å². The number of carbonyl (C=O) groups is 3. The fraction of sp³-hybridized carbons (Fsp3) is 0.615. The second-order valence-electron chi connectivity index (χ2n) is 15.9. The summed E-state index contributed by atoms with van der Waals surface area (Å²) in [6, 6.07) is 7.55. The highest BCUT2D eigenvalue weighted by Crippen LogP contribution is 2.47. The molecule has 6 rings (SSSR count). The lowest BCUT2D eigenvalue weighted by Gasteiger charge is -2.26. The average molecular weight is 751 g/mol. The number of fused-ring (bicyclic) bond motifs is 1. The van der Waals surface area contributed by atoms with Crippen molar-refractivity contribution in [3.63, 3.8) is 0 Å². The number of ether oxygens (including phenoxy) is 2. The second kappa shape index (κ2) is 14.6. The van der Waals surface area contributed by atoms with Crippen LogP contribution in [0.4, 0.5) is 0 Å². The molecule has 3 fully saturated rings. The molecule has 2 aromatic heterocycles. The van der Waals surface area contributed by atoms with Crippen LogP contribution >= 0.6 is 0 Å². The van der Waals surface area contributed by atoms with Crippen molar-refractivity contribution < 1.29 is 32.3 Å². The van der Waals surface area contributed by atoms with Crippen LogP contribution in [0.25, 0.3) is 16.7 Å². The van der Waals surface area contributed by atoms with Crippen LogP contribution in [-0.2, 0) is 24.4 Å². The smallest absolute Gasteiger partial charge is 0.259 e. The SMILES string of the molecule is CCCCCN(C)C(=O)[C@@H]1C[C@H](Oc2cc(-n3ccc(C(C)C)n3)nc3c(C)c(OC)ccc23)C[C@H]1C(=O)N[C@]1(C(=O)NS(=O)(=O)C2(C)CC2)C[C@H]1C. The second-order valence-corrected chi connectivity index (χ2v) is 18.1. The lowest BCUT2D eigenvalue weighted by atomic mass is 9.93. The van der Waals surface area contributed by atoms with Crippen molar-refractivity contribution in [3.05, 3.63) is 41.7 Å². The molecule has 288 valence electrons. The van der Waals surface area contributed by atoms with E-state index in [2.05, 4.69) is 30.8 Å². The summed E-state index contributed by atoms with van der Waals surface area (Å²) < 4.78 is 41.3. The van der Waals surface area contributed by atoms with Crippen LogP contribution < -0.4 is 19.5 Å². The molecule has 0 aliphatic heterocycles. The van der Waals surface area contributed by atoms with Crippen molar-refractivity contribution in [1.29, 1.82) is 0 Å². The van der Waals surface area contributed by atoms with E-state index in [4.69, 9.17) is 19.6 Å². The zero-order valence-electron chi connectivity index (χ0n) is 32.2. The van der Waals surface area contributed by atoms with E-state index >= 15 is 0 Å². The van der Waals surface area contributed by atoms with Gasteiger partial charge in [0.25, 0.3) is 5.91 Å². The van der Waals surface area contributed by atoms with Gasteiger partial charge in [-0.2, -0.15) is 5.10 Å². The Morgan fingerprint density at radius 3 is 2.40 bits per heavy atom. The van der Waals surface area contributed by atoms with Gasteiger partial charge in [0.05, 0.1) is 34.9 Å². The molecule has 3 amide bonds. The summed E-state index contributed by atoms with van der Waals surface area (Å²) in [7, 11) is -0.528. The quantitative estimate of drug-likeness (QED) is 0.200. The fourth-order valence-corrected chi connectivity index (χ4v) is 8.78. The molecule has 2 heterocycles. The molecule has 0 bridgehead atoms. The van der Waals surface area contributed by atoms with Gasteiger partial charge in [-0.15, -0.1) is 0 Å². The maximum atomic E-state index is 14.2. The topological polar surface area (TPSA) is 162 Å². The van der Waals surface area contributed by atoms with Crippen molar-refractivity contribution in [2.75, 3.05) is 20.7 Å². The summed E-state index contributed by atoms with van der Waals surface area (Å²) in [5.74, 6) is -1.12. The third kappa shape index (κ3) is 7.48. The number of rotatable bonds is 15. The molecule has 13 nitrogen and oxygen atoms in total. The lowest BCUT2D eigenvalue weighted by molar-refractivity contribution is -0.140. The van der Waals surface area contributed by atoms with Gasteiger partial charge in [0.15, 0.2) is 5.82 Å². The van der Waals surface area contributed by atoms with Crippen LogP contribution in [0.2, 0.25) is 0 Å². The Kier molecular flexibility index (Phi) is 10.6. The first kappa shape index (κ1) is 38.5. The van der Waals surface area contributed by atoms with E-state index in [1.165, 1.54) is 0 Å². The molecule has 0 spiro atoms. The number of amides is 3. The molecule has 0 saturated heterocycles. The average Bonchev–Trinajstić information content (AvgIpc) is 3.85. The Bertz CT molecular complexity index is 2010. The Morgan fingerprint density at radius 1 is 1.09 bits per heavy atom. The van der Waals surface area contributed by atoms with Crippen LogP contribution in [-0.4, -0.2) is 82.9 Å². The predicted molar refractivity (Wildman–Crippen MR) is 201 cm³/mol. The highest BCUT2D eigenvalue weighted by Gasteiger charge is 2.62. The Hall–Kier alpha value is -4.20. The molecule has 0 radical (unpaired) electrons. The maximum Gasteiger partial charge on any atom is 0.259 e. The van der Waals surface area contributed by atoms with Crippen molar-refractivity contribution in [3.8, 4) is 17.3 Å². The van der Waals surface area contributed by atoms with Crippen LogP contribution in [0, 0.1) is 24.7 Å². The number of carbonyl (C=O) groups excluding carboxylic acids is 3. The molecule has 5 atom stereocenters. The van der Waals surface area contributed by atoms with E-state index in [1.54, 1.807) is 30.7 Å². The number of unbranched alkanes of at least 4 members (excludes halogenated alkanes) is 2. The van der Waals surface area contributed by atoms with Crippen LogP contribution in [0.1, 0.15) is 103 Å². The van der Waals surface area contributed by atoms with Crippen molar-refractivity contribution in [2.24, 2.45) is 17.8 Å². The summed E-state index contributed by atoms with van der Waals surface area (Å²) in [5, 5.41) is 8.43. The number of hydrogen-bond donors (Lipinski definition) is 2. The first-order valence-electron chi connectivity index (χ1n) is 18.9. The number of benzene rings is 1. The van der Waals surface area contributed by atoms with Gasteiger partial charge in [0, 0.05) is 36.8 Å². The van der Waals surface area contributed by atoms with Gasteiger partial charge >= 0.3 is 0 Å². The maximum absolute atomic E-state index is 14.2. The first-order valence-corrected chi connectivity index (χ1v) is 20.4. The van der Waals surface area contributed by atoms with Gasteiger partial charge in [-0.05, 0) is 82.4 Å². The number of nitrogens with one attached hydrogen (secondary N) is 2. The molecule has 3 aliphatic carbocycles. The van der Waals surface area contributed by atoms with Gasteiger partial charge < -0.3 is 19.7 Å². The number of aromatic nitrogens is 3. The molecule has 2 N–H and O–H groups in total. The van der Waals surface area contributed by atoms with E-state index in [0.717, 1.165) is 35.9 Å². The van der Waals surface area contributed by atoms with E-state index < -0.39 is 50.1 Å². The summed E-state index contributed by atoms with van der Waals surface area (Å²) >= 11 is 0. The normalized spacial score (nSPS) is 24.5. The van der Waals surface area contributed by atoms with Crippen molar-refractivity contribution >= 4 is 38.6 Å². The van der Waals surface area contributed by atoms with Gasteiger partial charge in [-0.3, -0.25) is 19.1 Å². The van der Waals surface area contributed by atoms with E-state index in [1.807, 2.05) is 44.3 Å². The van der Waals surface area contributed by atoms with Crippen LogP contribution in [0.3, 0.4) is 0 Å². The van der Waals surface area contributed by atoms with Gasteiger partial charge in [-0.1, -0.05) is 40.5 Å².